The van der Waals surface area contributed by atoms with E-state index in [1.807, 2.05) is 19.4 Å². The third kappa shape index (κ3) is 4.14. The number of rotatable bonds is 6. The molecule has 0 saturated carbocycles. The Hall–Kier alpha value is -1.36. The van der Waals surface area contributed by atoms with Gasteiger partial charge in [0.2, 0.25) is 5.91 Å². The Morgan fingerprint density at radius 1 is 1.67 bits per heavy atom. The summed E-state index contributed by atoms with van der Waals surface area (Å²) >= 11 is 0. The number of carbonyl (C=O) groups excluding carboxylic acids is 1. The average molecular weight is 251 g/mol. The van der Waals surface area contributed by atoms with Crippen molar-refractivity contribution in [3.63, 3.8) is 0 Å². The van der Waals surface area contributed by atoms with Crippen molar-refractivity contribution in [2.24, 2.45) is 13.0 Å². The van der Waals surface area contributed by atoms with Crippen LogP contribution in [0, 0.1) is 5.92 Å². The number of nitrogens with one attached hydrogen (secondary N) is 1. The van der Waals surface area contributed by atoms with E-state index >= 15 is 0 Å². The largest absolute Gasteiger partial charge is 0.381 e. The quantitative estimate of drug-likeness (QED) is 0.817. The first kappa shape index (κ1) is 13.1. The van der Waals surface area contributed by atoms with Crippen LogP contribution in [-0.4, -0.2) is 35.4 Å². The van der Waals surface area contributed by atoms with Crippen molar-refractivity contribution in [3.05, 3.63) is 18.0 Å². The van der Waals surface area contributed by atoms with Crippen LogP contribution in [0.5, 0.6) is 0 Å². The van der Waals surface area contributed by atoms with E-state index < -0.39 is 0 Å². The van der Waals surface area contributed by atoms with Crippen LogP contribution in [0.25, 0.3) is 0 Å². The second-order valence-electron chi connectivity index (χ2n) is 4.89. The van der Waals surface area contributed by atoms with E-state index in [4.69, 9.17) is 4.74 Å². The number of ether oxygens (including phenoxy) is 1. The van der Waals surface area contributed by atoms with Crippen LogP contribution in [0.4, 0.5) is 0 Å². The Morgan fingerprint density at radius 2 is 2.56 bits per heavy atom. The summed E-state index contributed by atoms with van der Waals surface area (Å²) < 4.78 is 7.06. The zero-order chi connectivity index (χ0) is 12.8. The maximum absolute atomic E-state index is 11.6. The maximum Gasteiger partial charge on any atom is 0.220 e. The van der Waals surface area contributed by atoms with Crippen LogP contribution in [-0.2, 0) is 23.0 Å². The number of carbonyl (C=O) groups is 1. The Kier molecular flexibility index (Phi) is 4.75. The van der Waals surface area contributed by atoms with E-state index in [1.54, 1.807) is 4.68 Å². The summed E-state index contributed by atoms with van der Waals surface area (Å²) in [6, 6.07) is 0. The van der Waals surface area contributed by atoms with E-state index in [0.29, 0.717) is 12.3 Å². The molecule has 18 heavy (non-hydrogen) atoms. The molecule has 1 aliphatic heterocycles. The van der Waals surface area contributed by atoms with Crippen molar-refractivity contribution in [1.82, 2.24) is 15.1 Å². The number of nitrogens with zero attached hydrogens (tertiary/aromatic N) is 2. The minimum absolute atomic E-state index is 0.123. The number of hydrogen-bond acceptors (Lipinski definition) is 3. The Morgan fingerprint density at radius 3 is 3.22 bits per heavy atom. The molecule has 1 aliphatic rings. The Balaban J connectivity index is 1.57. The summed E-state index contributed by atoms with van der Waals surface area (Å²) in [6.45, 7) is 2.49. The van der Waals surface area contributed by atoms with Crippen molar-refractivity contribution in [3.8, 4) is 0 Å². The van der Waals surface area contributed by atoms with Crippen LogP contribution in [0.2, 0.25) is 0 Å². The highest BCUT2D eigenvalue weighted by atomic mass is 16.5. The molecule has 1 atom stereocenters. The molecule has 1 fully saturated rings. The monoisotopic (exact) mass is 251 g/mol. The van der Waals surface area contributed by atoms with Crippen molar-refractivity contribution in [1.29, 1.82) is 0 Å². The van der Waals surface area contributed by atoms with Crippen LogP contribution in [0.1, 0.15) is 24.8 Å². The lowest BCUT2D eigenvalue weighted by atomic mass is 10.1. The van der Waals surface area contributed by atoms with Crippen LogP contribution in [0.3, 0.4) is 0 Å². The molecule has 0 radical (unpaired) electrons. The van der Waals surface area contributed by atoms with Gasteiger partial charge in [-0.3, -0.25) is 9.48 Å². The van der Waals surface area contributed by atoms with Crippen LogP contribution >= 0.6 is 0 Å². The van der Waals surface area contributed by atoms with Crippen molar-refractivity contribution in [2.45, 2.75) is 25.7 Å². The average Bonchev–Trinajstić information content (AvgIpc) is 2.98. The minimum atomic E-state index is 0.123. The molecule has 1 aromatic heterocycles. The van der Waals surface area contributed by atoms with E-state index in [1.165, 1.54) is 0 Å². The third-order valence-electron chi connectivity index (χ3n) is 3.30. The third-order valence-corrected chi connectivity index (χ3v) is 3.30. The van der Waals surface area contributed by atoms with Crippen LogP contribution in [0.15, 0.2) is 12.4 Å². The molecule has 0 aliphatic carbocycles. The molecule has 1 saturated heterocycles. The lowest BCUT2D eigenvalue weighted by molar-refractivity contribution is -0.121. The van der Waals surface area contributed by atoms with Crippen molar-refractivity contribution >= 4 is 5.91 Å². The smallest absolute Gasteiger partial charge is 0.220 e. The van der Waals surface area contributed by atoms with Crippen LogP contribution < -0.4 is 5.32 Å². The van der Waals surface area contributed by atoms with E-state index in [0.717, 1.165) is 44.6 Å². The molecule has 0 bridgehead atoms. The molecule has 1 aromatic rings. The van der Waals surface area contributed by atoms with Crippen molar-refractivity contribution < 1.29 is 9.53 Å². The highest BCUT2D eigenvalue weighted by Gasteiger charge is 2.15. The highest BCUT2D eigenvalue weighted by Crippen LogP contribution is 2.15. The summed E-state index contributed by atoms with van der Waals surface area (Å²) in [4.78, 5) is 11.6. The van der Waals surface area contributed by atoms with E-state index in [-0.39, 0.29) is 5.91 Å². The zero-order valence-corrected chi connectivity index (χ0v) is 10.9. The SMILES string of the molecule is Cn1cc(CCC(=O)NCCC2CCOC2)cn1. The lowest BCUT2D eigenvalue weighted by Gasteiger charge is -2.08. The van der Waals surface area contributed by atoms with Gasteiger partial charge in [-0.1, -0.05) is 0 Å². The molecule has 0 spiro atoms. The van der Waals surface area contributed by atoms with Gasteiger partial charge < -0.3 is 10.1 Å². The zero-order valence-electron chi connectivity index (χ0n) is 10.9. The second kappa shape index (κ2) is 6.54. The molecular formula is C13H21N3O2. The molecule has 0 aromatic carbocycles. The number of aryl methyl sites for hydroxylation is 2. The first-order valence-electron chi connectivity index (χ1n) is 6.56. The van der Waals surface area contributed by atoms with Gasteiger partial charge in [0.1, 0.15) is 0 Å². The number of aromatic nitrogens is 2. The fourth-order valence-electron chi connectivity index (χ4n) is 2.17. The molecular weight excluding hydrogens is 230 g/mol. The van der Waals surface area contributed by atoms with Gasteiger partial charge in [-0.25, -0.2) is 0 Å². The van der Waals surface area contributed by atoms with Gasteiger partial charge in [0.15, 0.2) is 0 Å². The summed E-state index contributed by atoms with van der Waals surface area (Å²) in [5.74, 6) is 0.751. The molecule has 5 heteroatoms. The predicted molar refractivity (Wildman–Crippen MR) is 68.1 cm³/mol. The fraction of sp³-hybridized carbons (Fsp3) is 0.692. The molecule has 100 valence electrons. The van der Waals surface area contributed by atoms with Gasteiger partial charge in [0.25, 0.3) is 0 Å². The number of hydrogen-bond donors (Lipinski definition) is 1. The Bertz CT molecular complexity index is 383. The summed E-state index contributed by atoms with van der Waals surface area (Å²) in [5.41, 5.74) is 1.11. The second-order valence-corrected chi connectivity index (χ2v) is 4.89. The van der Waals surface area contributed by atoms with Gasteiger partial charge in [-0.05, 0) is 30.7 Å². The molecule has 2 rings (SSSR count). The molecule has 1 N–H and O–H groups in total. The van der Waals surface area contributed by atoms with E-state index in [2.05, 4.69) is 10.4 Å². The standard InChI is InChI=1S/C13H21N3O2/c1-16-9-12(8-15-16)2-3-13(17)14-6-4-11-5-7-18-10-11/h8-9,11H,2-7,10H2,1H3,(H,14,17). The first-order chi connectivity index (χ1) is 8.74. The Labute approximate surface area is 108 Å². The fourth-order valence-corrected chi connectivity index (χ4v) is 2.17. The molecule has 5 nitrogen and oxygen atoms in total. The highest BCUT2D eigenvalue weighted by molar-refractivity contribution is 5.76. The van der Waals surface area contributed by atoms with Gasteiger partial charge in [-0.2, -0.15) is 5.10 Å². The molecule has 1 amide bonds. The van der Waals surface area contributed by atoms with Gasteiger partial charge in [0, 0.05) is 39.4 Å². The summed E-state index contributed by atoms with van der Waals surface area (Å²) in [7, 11) is 1.88. The lowest BCUT2D eigenvalue weighted by Crippen LogP contribution is -2.26. The number of amides is 1. The van der Waals surface area contributed by atoms with Gasteiger partial charge in [-0.15, -0.1) is 0 Å². The van der Waals surface area contributed by atoms with Gasteiger partial charge in [0.05, 0.1) is 6.20 Å². The molecule has 2 heterocycles. The van der Waals surface area contributed by atoms with E-state index in [9.17, 15) is 4.79 Å². The van der Waals surface area contributed by atoms with Crippen molar-refractivity contribution in [2.75, 3.05) is 19.8 Å². The summed E-state index contributed by atoms with van der Waals surface area (Å²) in [5, 5.41) is 7.04. The predicted octanol–water partition coefficient (Wildman–Crippen LogP) is 0.895. The maximum atomic E-state index is 11.6. The normalized spacial score (nSPS) is 19.1. The first-order valence-corrected chi connectivity index (χ1v) is 6.56. The molecule has 1 unspecified atom stereocenters. The topological polar surface area (TPSA) is 56.2 Å². The summed E-state index contributed by atoms with van der Waals surface area (Å²) in [6.07, 6.45) is 7.20. The van der Waals surface area contributed by atoms with Gasteiger partial charge >= 0.3 is 0 Å². The minimum Gasteiger partial charge on any atom is -0.381 e.